The van der Waals surface area contributed by atoms with Crippen LogP contribution in [0.1, 0.15) is 50.4 Å². The van der Waals surface area contributed by atoms with Crippen molar-refractivity contribution in [3.8, 4) is 0 Å². The van der Waals surface area contributed by atoms with E-state index >= 15 is 0 Å². The van der Waals surface area contributed by atoms with Gasteiger partial charge in [0.05, 0.1) is 11.4 Å². The number of hydrogen-bond acceptors (Lipinski definition) is 2. The molecule has 1 N–H and O–H groups in total. The van der Waals surface area contributed by atoms with Gasteiger partial charge >= 0.3 is 0 Å². The molecule has 1 aliphatic rings. The SMILES string of the molecule is CCc1cc(CNC2(CCl)CCCCC2)n(C)n1. The van der Waals surface area contributed by atoms with E-state index in [1.807, 2.05) is 11.7 Å². The van der Waals surface area contributed by atoms with Gasteiger partial charge in [0.25, 0.3) is 0 Å². The predicted octanol–water partition coefficient (Wildman–Crippen LogP) is 3.01. The zero-order chi connectivity index (χ0) is 13.0. The first-order valence-corrected chi connectivity index (χ1v) is 7.55. The average Bonchev–Trinajstić information content (AvgIpc) is 2.78. The molecule has 0 bridgehead atoms. The zero-order valence-electron chi connectivity index (χ0n) is 11.5. The molecule has 4 heteroatoms. The van der Waals surface area contributed by atoms with Gasteiger partial charge in [0, 0.05) is 25.0 Å². The number of alkyl halides is 1. The lowest BCUT2D eigenvalue weighted by Gasteiger charge is -2.36. The van der Waals surface area contributed by atoms with Gasteiger partial charge in [-0.2, -0.15) is 5.10 Å². The van der Waals surface area contributed by atoms with Crippen LogP contribution in [0, 0.1) is 0 Å². The second kappa shape index (κ2) is 6.07. The number of aromatic nitrogens is 2. The van der Waals surface area contributed by atoms with E-state index < -0.39 is 0 Å². The maximum Gasteiger partial charge on any atom is 0.0625 e. The van der Waals surface area contributed by atoms with Crippen LogP contribution < -0.4 is 5.32 Å². The molecule has 0 unspecified atom stereocenters. The molecule has 0 atom stereocenters. The van der Waals surface area contributed by atoms with Crippen LogP contribution in [0.15, 0.2) is 6.07 Å². The third kappa shape index (κ3) is 3.07. The molecule has 102 valence electrons. The predicted molar refractivity (Wildman–Crippen MR) is 76.0 cm³/mol. The third-order valence-corrected chi connectivity index (χ3v) is 4.61. The van der Waals surface area contributed by atoms with Crippen molar-refractivity contribution in [2.45, 2.75) is 57.5 Å². The van der Waals surface area contributed by atoms with Crippen molar-refractivity contribution in [3.05, 3.63) is 17.5 Å². The van der Waals surface area contributed by atoms with Gasteiger partial charge in [-0.3, -0.25) is 4.68 Å². The van der Waals surface area contributed by atoms with Crippen LogP contribution >= 0.6 is 11.6 Å². The fourth-order valence-corrected chi connectivity index (χ4v) is 3.14. The lowest BCUT2D eigenvalue weighted by Crippen LogP contribution is -2.48. The Morgan fingerprint density at radius 3 is 2.67 bits per heavy atom. The van der Waals surface area contributed by atoms with E-state index in [-0.39, 0.29) is 5.54 Å². The monoisotopic (exact) mass is 269 g/mol. The van der Waals surface area contributed by atoms with Crippen molar-refractivity contribution in [1.82, 2.24) is 15.1 Å². The zero-order valence-corrected chi connectivity index (χ0v) is 12.3. The second-order valence-electron chi connectivity index (χ2n) is 5.43. The molecule has 1 fully saturated rings. The molecule has 0 spiro atoms. The summed E-state index contributed by atoms with van der Waals surface area (Å²) in [6.07, 6.45) is 7.35. The standard InChI is InChI=1S/C14H24ClN3/c1-3-12-9-13(18(2)17-12)10-16-14(11-15)7-5-4-6-8-14/h9,16H,3-8,10-11H2,1-2H3. The Morgan fingerprint density at radius 2 is 2.11 bits per heavy atom. The van der Waals surface area contributed by atoms with Crippen LogP contribution in [0.5, 0.6) is 0 Å². The number of nitrogens with zero attached hydrogens (tertiary/aromatic N) is 2. The van der Waals surface area contributed by atoms with Gasteiger partial charge in [-0.05, 0) is 25.3 Å². The summed E-state index contributed by atoms with van der Waals surface area (Å²) in [5.74, 6) is 0.714. The van der Waals surface area contributed by atoms with Crippen molar-refractivity contribution >= 4 is 11.6 Å². The summed E-state index contributed by atoms with van der Waals surface area (Å²) in [5.41, 5.74) is 2.57. The number of hydrogen-bond donors (Lipinski definition) is 1. The largest absolute Gasteiger partial charge is 0.304 e. The molecular formula is C14H24ClN3. The highest BCUT2D eigenvalue weighted by Gasteiger charge is 2.30. The number of nitrogens with one attached hydrogen (secondary N) is 1. The minimum absolute atomic E-state index is 0.149. The first-order valence-electron chi connectivity index (χ1n) is 7.02. The van der Waals surface area contributed by atoms with Crippen molar-refractivity contribution in [2.75, 3.05) is 5.88 Å². The van der Waals surface area contributed by atoms with Gasteiger partial charge in [-0.1, -0.05) is 26.2 Å². The molecular weight excluding hydrogens is 246 g/mol. The molecule has 18 heavy (non-hydrogen) atoms. The molecule has 0 aliphatic heterocycles. The van der Waals surface area contributed by atoms with Crippen molar-refractivity contribution < 1.29 is 0 Å². The van der Waals surface area contributed by atoms with E-state index in [1.54, 1.807) is 0 Å². The highest BCUT2D eigenvalue weighted by Crippen LogP contribution is 2.29. The van der Waals surface area contributed by atoms with E-state index in [4.69, 9.17) is 11.6 Å². The third-order valence-electron chi connectivity index (χ3n) is 4.10. The normalized spacial score (nSPS) is 19.1. The fraction of sp³-hybridized carbons (Fsp3) is 0.786. The Bertz CT molecular complexity index is 380. The molecule has 2 rings (SSSR count). The van der Waals surface area contributed by atoms with E-state index in [0.29, 0.717) is 5.88 Å². The van der Waals surface area contributed by atoms with Crippen LogP contribution in [0.3, 0.4) is 0 Å². The van der Waals surface area contributed by atoms with Gasteiger partial charge in [-0.15, -0.1) is 11.6 Å². The Morgan fingerprint density at radius 1 is 1.39 bits per heavy atom. The topological polar surface area (TPSA) is 29.9 Å². The lowest BCUT2D eigenvalue weighted by atomic mass is 9.83. The summed E-state index contributed by atoms with van der Waals surface area (Å²) >= 11 is 6.19. The number of rotatable bonds is 5. The highest BCUT2D eigenvalue weighted by molar-refractivity contribution is 6.18. The first-order chi connectivity index (χ1) is 8.69. The van der Waals surface area contributed by atoms with Crippen molar-refractivity contribution in [3.63, 3.8) is 0 Å². The minimum atomic E-state index is 0.149. The van der Waals surface area contributed by atoms with Crippen molar-refractivity contribution in [2.24, 2.45) is 7.05 Å². The van der Waals surface area contributed by atoms with E-state index in [9.17, 15) is 0 Å². The summed E-state index contributed by atoms with van der Waals surface area (Å²) < 4.78 is 1.98. The molecule has 0 radical (unpaired) electrons. The van der Waals surface area contributed by atoms with Crippen LogP contribution in [0.2, 0.25) is 0 Å². The van der Waals surface area contributed by atoms with Crippen LogP contribution in [-0.2, 0) is 20.0 Å². The highest BCUT2D eigenvalue weighted by atomic mass is 35.5. The molecule has 3 nitrogen and oxygen atoms in total. The summed E-state index contributed by atoms with van der Waals surface area (Å²) in [4.78, 5) is 0. The minimum Gasteiger partial charge on any atom is -0.304 e. The van der Waals surface area contributed by atoms with Gasteiger partial charge in [0.2, 0.25) is 0 Å². The average molecular weight is 270 g/mol. The Hall–Kier alpha value is -0.540. The molecule has 1 aromatic heterocycles. The quantitative estimate of drug-likeness (QED) is 0.833. The summed E-state index contributed by atoms with van der Waals surface area (Å²) in [7, 11) is 2.02. The number of halogens is 1. The fourth-order valence-electron chi connectivity index (χ4n) is 2.77. The Balaban J connectivity index is 1.98. The van der Waals surface area contributed by atoms with Crippen LogP contribution in [0.4, 0.5) is 0 Å². The molecule has 1 aliphatic carbocycles. The van der Waals surface area contributed by atoms with Crippen molar-refractivity contribution in [1.29, 1.82) is 0 Å². The summed E-state index contributed by atoms with van der Waals surface area (Å²) in [6, 6.07) is 2.19. The van der Waals surface area contributed by atoms with E-state index in [2.05, 4.69) is 23.4 Å². The van der Waals surface area contributed by atoms with E-state index in [1.165, 1.54) is 37.8 Å². The Labute approximate surface area is 115 Å². The lowest BCUT2D eigenvalue weighted by molar-refractivity contribution is 0.254. The molecule has 0 amide bonds. The van der Waals surface area contributed by atoms with Crippen LogP contribution in [-0.4, -0.2) is 21.2 Å². The number of aryl methyl sites for hydroxylation is 2. The Kier molecular flexibility index (Phi) is 4.68. The molecule has 1 heterocycles. The second-order valence-corrected chi connectivity index (χ2v) is 5.70. The molecule has 1 saturated carbocycles. The maximum atomic E-state index is 6.19. The van der Waals surface area contributed by atoms with Gasteiger partial charge in [0.15, 0.2) is 0 Å². The first kappa shape index (κ1) is 13.9. The molecule has 0 saturated heterocycles. The van der Waals surface area contributed by atoms with E-state index in [0.717, 1.165) is 18.7 Å². The summed E-state index contributed by atoms with van der Waals surface area (Å²) in [6.45, 7) is 3.01. The van der Waals surface area contributed by atoms with Crippen LogP contribution in [0.25, 0.3) is 0 Å². The molecule has 1 aromatic rings. The summed E-state index contributed by atoms with van der Waals surface area (Å²) in [5, 5.41) is 8.17. The smallest absolute Gasteiger partial charge is 0.0625 e. The van der Waals surface area contributed by atoms with Gasteiger partial charge in [0.1, 0.15) is 0 Å². The van der Waals surface area contributed by atoms with Gasteiger partial charge in [-0.25, -0.2) is 0 Å². The van der Waals surface area contributed by atoms with Gasteiger partial charge < -0.3 is 5.32 Å². The maximum absolute atomic E-state index is 6.19. The molecule has 0 aromatic carbocycles.